The molecule has 1 aromatic carbocycles. The van der Waals surface area contributed by atoms with Crippen molar-refractivity contribution in [2.45, 2.75) is 19.2 Å². The first-order valence-electron chi connectivity index (χ1n) is 5.41. The minimum absolute atomic E-state index is 0.274. The van der Waals surface area contributed by atoms with Crippen LogP contribution in [-0.4, -0.2) is 36.2 Å². The molecule has 3 nitrogen and oxygen atoms in total. The van der Waals surface area contributed by atoms with Crippen molar-refractivity contribution in [1.82, 2.24) is 10.2 Å². The van der Waals surface area contributed by atoms with Gasteiger partial charge in [0.1, 0.15) is 0 Å². The summed E-state index contributed by atoms with van der Waals surface area (Å²) in [5.74, 6) is 0. The van der Waals surface area contributed by atoms with E-state index in [1.165, 1.54) is 11.1 Å². The summed E-state index contributed by atoms with van der Waals surface area (Å²) < 4.78 is 0. The lowest BCUT2D eigenvalue weighted by Crippen LogP contribution is -2.34. The standard InChI is InChI=1S/C12H18N2O/c1-13-6-12(15)9-14-7-10-4-2-3-5-11(10)8-14/h2-5,12-13,15H,6-9H2,1H3. The van der Waals surface area contributed by atoms with Crippen LogP contribution in [0.25, 0.3) is 0 Å². The van der Waals surface area contributed by atoms with Crippen molar-refractivity contribution >= 4 is 0 Å². The molecule has 0 bridgehead atoms. The van der Waals surface area contributed by atoms with Gasteiger partial charge in [-0.05, 0) is 18.2 Å². The Kier molecular flexibility index (Phi) is 3.36. The van der Waals surface area contributed by atoms with Crippen LogP contribution in [-0.2, 0) is 13.1 Å². The van der Waals surface area contributed by atoms with Gasteiger partial charge < -0.3 is 10.4 Å². The summed E-state index contributed by atoms with van der Waals surface area (Å²) in [5.41, 5.74) is 2.79. The Labute approximate surface area is 90.7 Å². The molecule has 15 heavy (non-hydrogen) atoms. The minimum Gasteiger partial charge on any atom is -0.390 e. The predicted octanol–water partition coefficient (Wildman–Crippen LogP) is 0.582. The van der Waals surface area contributed by atoms with Crippen LogP contribution < -0.4 is 5.32 Å². The molecule has 1 atom stereocenters. The van der Waals surface area contributed by atoms with Crippen molar-refractivity contribution in [1.29, 1.82) is 0 Å². The molecule has 0 saturated carbocycles. The van der Waals surface area contributed by atoms with Crippen LogP contribution in [0.15, 0.2) is 24.3 Å². The zero-order valence-corrected chi connectivity index (χ0v) is 9.11. The van der Waals surface area contributed by atoms with E-state index < -0.39 is 0 Å². The highest BCUT2D eigenvalue weighted by molar-refractivity contribution is 5.30. The number of hydrogen-bond acceptors (Lipinski definition) is 3. The fourth-order valence-corrected chi connectivity index (χ4v) is 2.13. The average Bonchev–Trinajstić information content (AvgIpc) is 2.59. The second-order valence-corrected chi connectivity index (χ2v) is 4.15. The van der Waals surface area contributed by atoms with Gasteiger partial charge in [-0.25, -0.2) is 0 Å². The SMILES string of the molecule is CNCC(O)CN1Cc2ccccc2C1. The molecule has 0 fully saturated rings. The van der Waals surface area contributed by atoms with Crippen molar-refractivity contribution < 1.29 is 5.11 Å². The minimum atomic E-state index is -0.274. The Bertz CT molecular complexity index is 302. The molecule has 0 spiro atoms. The van der Waals surface area contributed by atoms with Gasteiger partial charge >= 0.3 is 0 Å². The summed E-state index contributed by atoms with van der Waals surface area (Å²) in [6.07, 6.45) is -0.274. The maximum atomic E-state index is 9.68. The largest absolute Gasteiger partial charge is 0.390 e. The van der Waals surface area contributed by atoms with Crippen LogP contribution in [0.1, 0.15) is 11.1 Å². The molecular weight excluding hydrogens is 188 g/mol. The van der Waals surface area contributed by atoms with Gasteiger partial charge in [-0.2, -0.15) is 0 Å². The van der Waals surface area contributed by atoms with Crippen LogP contribution in [0.4, 0.5) is 0 Å². The van der Waals surface area contributed by atoms with E-state index in [0.29, 0.717) is 6.54 Å². The van der Waals surface area contributed by atoms with Gasteiger partial charge in [0, 0.05) is 26.2 Å². The fraction of sp³-hybridized carbons (Fsp3) is 0.500. The number of aliphatic hydroxyl groups is 1. The van der Waals surface area contributed by atoms with Crippen LogP contribution in [0, 0.1) is 0 Å². The zero-order valence-electron chi connectivity index (χ0n) is 9.11. The van der Waals surface area contributed by atoms with Crippen molar-refractivity contribution in [2.75, 3.05) is 20.1 Å². The normalized spacial score (nSPS) is 17.7. The molecule has 2 rings (SSSR count). The second-order valence-electron chi connectivity index (χ2n) is 4.15. The molecule has 1 aliphatic rings. The number of nitrogens with one attached hydrogen (secondary N) is 1. The lowest BCUT2D eigenvalue weighted by molar-refractivity contribution is 0.112. The summed E-state index contributed by atoms with van der Waals surface area (Å²) in [6, 6.07) is 8.48. The highest BCUT2D eigenvalue weighted by atomic mass is 16.3. The molecule has 3 heteroatoms. The molecule has 2 N–H and O–H groups in total. The third-order valence-corrected chi connectivity index (χ3v) is 2.81. The average molecular weight is 206 g/mol. The second kappa shape index (κ2) is 4.75. The number of fused-ring (bicyclic) bond motifs is 1. The first-order valence-corrected chi connectivity index (χ1v) is 5.41. The monoisotopic (exact) mass is 206 g/mol. The number of likely N-dealkylation sites (N-methyl/N-ethyl adjacent to an activating group) is 1. The number of nitrogens with zero attached hydrogens (tertiary/aromatic N) is 1. The smallest absolute Gasteiger partial charge is 0.0791 e. The Balaban J connectivity index is 1.90. The van der Waals surface area contributed by atoms with E-state index in [1.54, 1.807) is 0 Å². The van der Waals surface area contributed by atoms with E-state index in [1.807, 2.05) is 7.05 Å². The van der Waals surface area contributed by atoms with Crippen molar-refractivity contribution in [3.63, 3.8) is 0 Å². The lowest BCUT2D eigenvalue weighted by atomic mass is 10.1. The Morgan fingerprint density at radius 2 is 1.93 bits per heavy atom. The maximum absolute atomic E-state index is 9.68. The van der Waals surface area contributed by atoms with E-state index in [-0.39, 0.29) is 6.10 Å². The summed E-state index contributed by atoms with van der Waals surface area (Å²) >= 11 is 0. The molecule has 0 radical (unpaired) electrons. The van der Waals surface area contributed by atoms with E-state index in [2.05, 4.69) is 34.5 Å². The zero-order chi connectivity index (χ0) is 10.7. The van der Waals surface area contributed by atoms with Crippen LogP contribution in [0.5, 0.6) is 0 Å². The van der Waals surface area contributed by atoms with Gasteiger partial charge in [-0.1, -0.05) is 24.3 Å². The van der Waals surface area contributed by atoms with Crippen LogP contribution in [0.3, 0.4) is 0 Å². The molecular formula is C12H18N2O. The Hall–Kier alpha value is -0.900. The van der Waals surface area contributed by atoms with E-state index in [0.717, 1.165) is 19.6 Å². The summed E-state index contributed by atoms with van der Waals surface area (Å²) in [5, 5.41) is 12.7. The topological polar surface area (TPSA) is 35.5 Å². The lowest BCUT2D eigenvalue weighted by Gasteiger charge is -2.18. The number of hydrogen-bond donors (Lipinski definition) is 2. The number of rotatable bonds is 4. The predicted molar refractivity (Wildman–Crippen MR) is 60.5 cm³/mol. The maximum Gasteiger partial charge on any atom is 0.0791 e. The highest BCUT2D eigenvalue weighted by Gasteiger charge is 2.19. The Morgan fingerprint density at radius 1 is 1.33 bits per heavy atom. The molecule has 0 aliphatic carbocycles. The Morgan fingerprint density at radius 3 is 2.47 bits per heavy atom. The molecule has 0 aromatic heterocycles. The van der Waals surface area contributed by atoms with Crippen molar-refractivity contribution in [3.8, 4) is 0 Å². The van der Waals surface area contributed by atoms with Crippen LogP contribution >= 0.6 is 0 Å². The van der Waals surface area contributed by atoms with Gasteiger partial charge in [0.05, 0.1) is 6.10 Å². The van der Waals surface area contributed by atoms with Crippen molar-refractivity contribution in [2.24, 2.45) is 0 Å². The molecule has 0 amide bonds. The van der Waals surface area contributed by atoms with Crippen LogP contribution in [0.2, 0.25) is 0 Å². The van der Waals surface area contributed by atoms with Gasteiger partial charge in [0.15, 0.2) is 0 Å². The molecule has 1 unspecified atom stereocenters. The van der Waals surface area contributed by atoms with Gasteiger partial charge in [-0.15, -0.1) is 0 Å². The highest BCUT2D eigenvalue weighted by Crippen LogP contribution is 2.21. The third kappa shape index (κ3) is 2.56. The molecule has 1 aliphatic heterocycles. The van der Waals surface area contributed by atoms with Crippen molar-refractivity contribution in [3.05, 3.63) is 35.4 Å². The van der Waals surface area contributed by atoms with Gasteiger partial charge in [-0.3, -0.25) is 4.90 Å². The summed E-state index contributed by atoms with van der Waals surface area (Å²) in [7, 11) is 1.86. The number of β-amino-alcohol motifs (C(OH)–C–C–N with tert-alkyl or cyclic N) is 1. The molecule has 82 valence electrons. The van der Waals surface area contributed by atoms with Gasteiger partial charge in [0.2, 0.25) is 0 Å². The molecule has 1 aromatic rings. The molecule has 0 saturated heterocycles. The quantitative estimate of drug-likeness (QED) is 0.756. The number of benzene rings is 1. The summed E-state index contributed by atoms with van der Waals surface area (Å²) in [6.45, 7) is 3.34. The fourth-order valence-electron chi connectivity index (χ4n) is 2.13. The van der Waals surface area contributed by atoms with E-state index in [9.17, 15) is 5.11 Å². The van der Waals surface area contributed by atoms with Gasteiger partial charge in [0.25, 0.3) is 0 Å². The first kappa shape index (κ1) is 10.6. The first-order chi connectivity index (χ1) is 7.29. The number of aliphatic hydroxyl groups excluding tert-OH is 1. The summed E-state index contributed by atoms with van der Waals surface area (Å²) in [4.78, 5) is 2.28. The van der Waals surface area contributed by atoms with E-state index in [4.69, 9.17) is 0 Å². The van der Waals surface area contributed by atoms with E-state index >= 15 is 0 Å². The third-order valence-electron chi connectivity index (χ3n) is 2.81. The molecule has 1 heterocycles.